The Morgan fingerprint density at radius 1 is 0.362 bits per heavy atom. The first-order chi connectivity index (χ1) is 45.7. The van der Waals surface area contributed by atoms with Gasteiger partial charge in [-0.2, -0.15) is 0 Å². The normalized spacial score (nSPS) is 11.6. The van der Waals surface area contributed by atoms with Crippen LogP contribution in [0.3, 0.4) is 0 Å². The zero-order chi connectivity index (χ0) is 65.6. The van der Waals surface area contributed by atoms with Gasteiger partial charge in [0, 0.05) is 137 Å². The fourth-order valence-corrected chi connectivity index (χ4v) is 12.5. The van der Waals surface area contributed by atoms with Crippen molar-refractivity contribution in [2.24, 2.45) is 0 Å². The number of benzene rings is 7. The minimum absolute atomic E-state index is 0.282. The van der Waals surface area contributed by atoms with Crippen molar-refractivity contribution in [2.45, 2.75) is 0 Å². The van der Waals surface area contributed by atoms with Gasteiger partial charge in [0.05, 0.1) is 120 Å². The van der Waals surface area contributed by atoms with Crippen LogP contribution in [0.2, 0.25) is 0 Å². The van der Waals surface area contributed by atoms with Gasteiger partial charge in [-0.3, -0.25) is 9.69 Å². The highest BCUT2D eigenvalue weighted by Gasteiger charge is 2.30. The number of nitrogens with zero attached hydrogens (tertiary/aromatic N) is 5. The highest BCUT2D eigenvalue weighted by atomic mass is 16.5. The molecule has 0 unspecified atom stereocenters. The van der Waals surface area contributed by atoms with Crippen LogP contribution in [0.4, 0.5) is 22.7 Å². The molecule has 7 aromatic carbocycles. The first-order valence-electron chi connectivity index (χ1n) is 30.2. The molecule has 0 aliphatic carbocycles. The van der Waals surface area contributed by atoms with Crippen LogP contribution in [-0.2, 0) is 0 Å². The molecule has 18 nitrogen and oxygen atoms in total. The van der Waals surface area contributed by atoms with Crippen LogP contribution >= 0.6 is 0 Å². The van der Waals surface area contributed by atoms with Crippen molar-refractivity contribution < 1.29 is 51.8 Å². The molecule has 474 valence electrons. The molecule has 6 heterocycles. The van der Waals surface area contributed by atoms with Crippen molar-refractivity contribution in [3.05, 3.63) is 174 Å². The Labute approximate surface area is 543 Å². The van der Waals surface area contributed by atoms with Gasteiger partial charge >= 0.3 is 0 Å². The molecular weight excluding hydrogens is 1190 g/mol. The van der Waals surface area contributed by atoms with Gasteiger partial charge in [-0.1, -0.05) is 42.5 Å². The highest BCUT2D eigenvalue weighted by molar-refractivity contribution is 6.21. The monoisotopic (exact) mass is 1260 g/mol. The molecular formula is C76H69N7O11. The maximum Gasteiger partial charge on any atom is 0.266 e. The summed E-state index contributed by atoms with van der Waals surface area (Å²) in [6.45, 7) is 0. The molecule has 4 aromatic heterocycles. The summed E-state index contributed by atoms with van der Waals surface area (Å²) in [5, 5.41) is 1.52. The summed E-state index contributed by atoms with van der Waals surface area (Å²) in [6.07, 6.45) is 7.89. The minimum Gasteiger partial charge on any atom is -0.496 e. The van der Waals surface area contributed by atoms with Crippen LogP contribution in [0.1, 0.15) is 33.1 Å². The number of ether oxygens (including phenoxy) is 9. The lowest BCUT2D eigenvalue weighted by Crippen LogP contribution is -2.26. The highest BCUT2D eigenvalue weighted by Crippen LogP contribution is 2.51. The van der Waals surface area contributed by atoms with Crippen molar-refractivity contribution in [2.75, 3.05) is 107 Å². The summed E-state index contributed by atoms with van der Waals surface area (Å²) >= 11 is 0. The first-order valence-corrected chi connectivity index (χ1v) is 30.2. The number of aromatic nitrogens is 4. The summed E-state index contributed by atoms with van der Waals surface area (Å²) in [5.41, 5.74) is 14.4. The second-order valence-corrected chi connectivity index (χ2v) is 22.7. The van der Waals surface area contributed by atoms with Crippen molar-refractivity contribution >= 4 is 97.0 Å². The van der Waals surface area contributed by atoms with E-state index in [0.29, 0.717) is 169 Å². The van der Waals surface area contributed by atoms with E-state index in [4.69, 9.17) is 57.0 Å². The third kappa shape index (κ3) is 10.6. The summed E-state index contributed by atoms with van der Waals surface area (Å²) in [5.74, 6) is 4.07. The average Bonchev–Trinajstić information content (AvgIpc) is 1.57. The van der Waals surface area contributed by atoms with Crippen LogP contribution in [0.25, 0.3) is 113 Å². The van der Waals surface area contributed by atoms with E-state index in [2.05, 4.69) is 9.97 Å². The standard InChI is InChI=1S/C76H69N7O11/c1-81(2)42-18-14-20-44(34-42)83(45-21-15-19-43(35-45)82(3)4)76(84)52-25-17-23-50-49-22-16-24-51(74(49)94-75(50)52)67-53-26-28-55(77-53)68(71-61(88-8)36-46(85-5)37-62(71)89-9)57-30-32-59(79-57)70(73-65(92-12)40-48(87-7)41-66(73)93-13)60-33-31-58(80-60)69(56-29-27-54(67)78-56)72-63(90-10)38-47(86-6)39-64(72)91-11/h14-41,77,80H,1-13H3. The number of amides is 1. The zero-order valence-electron chi connectivity index (χ0n) is 54.4. The summed E-state index contributed by atoms with van der Waals surface area (Å²) < 4.78 is 62.1. The molecule has 18 heteroatoms. The molecule has 2 N–H and O–H groups in total. The molecule has 0 radical (unpaired) electrons. The third-order valence-corrected chi connectivity index (χ3v) is 17.1. The van der Waals surface area contributed by atoms with Gasteiger partial charge in [0.25, 0.3) is 5.91 Å². The Bertz CT molecular complexity index is 4890. The smallest absolute Gasteiger partial charge is 0.266 e. The molecule has 13 rings (SSSR count). The second kappa shape index (κ2) is 25.1. The van der Waals surface area contributed by atoms with Crippen molar-refractivity contribution in [3.63, 3.8) is 0 Å². The predicted octanol–water partition coefficient (Wildman–Crippen LogP) is 16.4. The number of anilines is 4. The van der Waals surface area contributed by atoms with Crippen molar-refractivity contribution in [3.8, 4) is 96.3 Å². The van der Waals surface area contributed by atoms with E-state index in [-0.39, 0.29) is 5.91 Å². The third-order valence-electron chi connectivity index (χ3n) is 17.1. The molecule has 0 saturated heterocycles. The van der Waals surface area contributed by atoms with Gasteiger partial charge in [-0.25, -0.2) is 9.97 Å². The Kier molecular flexibility index (Phi) is 16.3. The van der Waals surface area contributed by atoms with E-state index in [1.807, 2.05) is 208 Å². The molecule has 0 spiro atoms. The lowest BCUT2D eigenvalue weighted by Gasteiger charge is -2.26. The number of furan rings is 1. The van der Waals surface area contributed by atoms with E-state index in [1.165, 1.54) is 0 Å². The molecule has 0 atom stereocenters. The molecule has 8 bridgehead atoms. The van der Waals surface area contributed by atoms with Crippen LogP contribution < -0.4 is 57.3 Å². The number of carbonyl (C=O) groups excluding carboxylic acids is 1. The minimum atomic E-state index is -0.282. The molecule has 11 aromatic rings. The van der Waals surface area contributed by atoms with Gasteiger partial charge in [0.15, 0.2) is 0 Å². The lowest BCUT2D eigenvalue weighted by atomic mass is 10.00. The number of methoxy groups -OCH3 is 9. The quantitative estimate of drug-likeness (QED) is 0.0828. The van der Waals surface area contributed by atoms with E-state index in [1.54, 1.807) is 68.9 Å². The van der Waals surface area contributed by atoms with Gasteiger partial charge in [0.2, 0.25) is 0 Å². The molecule has 2 aliphatic rings. The largest absolute Gasteiger partial charge is 0.496 e. The number of aromatic amines is 2. The Morgan fingerprint density at radius 2 is 0.691 bits per heavy atom. The average molecular weight is 1260 g/mol. The Hall–Kier alpha value is -11.8. The topological polar surface area (TPSA) is 180 Å². The van der Waals surface area contributed by atoms with Gasteiger partial charge < -0.3 is 66.8 Å². The Morgan fingerprint density at radius 3 is 1.05 bits per heavy atom. The predicted molar refractivity (Wildman–Crippen MR) is 375 cm³/mol. The SMILES string of the molecule is COc1cc(OC)c(-c2c3nc(c(-c4c(OC)cc(OC)cc4OC)c4ccc([nH]4)c(-c4cccc5c4oc4c(C(=O)N(c6cccc(N(C)C)c6)c6cccc(N(C)C)c6)cccc45)c4nc(c(-c5c(OC)cc(OC)cc5OC)c5ccc2[nH]5)C=C4)C=C3)c(OC)c1. The second-order valence-electron chi connectivity index (χ2n) is 22.7. The van der Waals surface area contributed by atoms with Gasteiger partial charge in [-0.15, -0.1) is 0 Å². The number of fused-ring (bicyclic) bond motifs is 11. The van der Waals surface area contributed by atoms with Gasteiger partial charge in [0.1, 0.15) is 62.9 Å². The maximum atomic E-state index is 15.8. The van der Waals surface area contributed by atoms with E-state index in [9.17, 15) is 0 Å². The number of H-pyrrole nitrogens is 2. The number of para-hydroxylation sites is 2. The molecule has 0 fully saturated rings. The van der Waals surface area contributed by atoms with Crippen LogP contribution in [0.5, 0.6) is 51.7 Å². The van der Waals surface area contributed by atoms with E-state index < -0.39 is 0 Å². The number of hydrogen-bond acceptors (Lipinski definition) is 15. The molecule has 0 saturated carbocycles. The van der Waals surface area contributed by atoms with E-state index >= 15 is 4.79 Å². The summed E-state index contributed by atoms with van der Waals surface area (Å²) in [4.78, 5) is 40.5. The van der Waals surface area contributed by atoms with Crippen LogP contribution in [0, 0.1) is 0 Å². The molecule has 1 amide bonds. The summed E-state index contributed by atoms with van der Waals surface area (Å²) in [6, 6.07) is 46.5. The zero-order valence-corrected chi connectivity index (χ0v) is 54.4. The lowest BCUT2D eigenvalue weighted by molar-refractivity contribution is 0.1000. The molecule has 94 heavy (non-hydrogen) atoms. The van der Waals surface area contributed by atoms with Crippen molar-refractivity contribution in [1.82, 2.24) is 19.9 Å². The maximum absolute atomic E-state index is 15.8. The van der Waals surface area contributed by atoms with Crippen LogP contribution in [-0.4, -0.2) is 118 Å². The van der Waals surface area contributed by atoms with Crippen LogP contribution in [0.15, 0.2) is 150 Å². The number of hydrogen-bond donors (Lipinski definition) is 2. The fourth-order valence-electron chi connectivity index (χ4n) is 12.5. The summed E-state index contributed by atoms with van der Waals surface area (Å²) in [7, 11) is 22.4. The van der Waals surface area contributed by atoms with E-state index in [0.717, 1.165) is 22.1 Å². The number of carbonyl (C=O) groups is 1. The Balaban J connectivity index is 1.17. The van der Waals surface area contributed by atoms with Crippen molar-refractivity contribution in [1.29, 1.82) is 0 Å². The fraction of sp³-hybridized carbons (Fsp3) is 0.171. The molecule has 2 aliphatic heterocycles. The van der Waals surface area contributed by atoms with Gasteiger partial charge in [-0.05, 0) is 91.0 Å². The number of rotatable bonds is 18. The first kappa shape index (κ1) is 61.1. The number of nitrogens with one attached hydrogen (secondary N) is 2.